The number of thiophene rings is 1. The predicted molar refractivity (Wildman–Crippen MR) is 124 cm³/mol. The molecule has 7 heteroatoms. The van der Waals surface area contributed by atoms with Gasteiger partial charge in [-0.2, -0.15) is 0 Å². The SMILES string of the molecule is COc1cc(-c2c(C(OC(C)(C)C)C(C)=O)c(C)nc3sc4c(c23)CCCC4)n(C)n1. The van der Waals surface area contributed by atoms with Crippen LogP contribution in [0, 0.1) is 6.92 Å². The zero-order valence-corrected chi connectivity index (χ0v) is 20.3. The van der Waals surface area contributed by atoms with Crippen LogP contribution in [0.3, 0.4) is 0 Å². The van der Waals surface area contributed by atoms with E-state index in [9.17, 15) is 4.79 Å². The summed E-state index contributed by atoms with van der Waals surface area (Å²) < 4.78 is 13.6. The molecule has 0 fully saturated rings. The van der Waals surface area contributed by atoms with Gasteiger partial charge in [0.2, 0.25) is 5.88 Å². The van der Waals surface area contributed by atoms with Gasteiger partial charge in [-0.25, -0.2) is 4.98 Å². The standard InChI is InChI=1S/C24H31N3O3S/c1-13-19(22(14(2)28)30-24(3,4)5)21(16-12-18(29-7)26-27(16)6)20-15-10-8-9-11-17(15)31-23(20)25-13/h12,22H,8-11H2,1-7H3. The Labute approximate surface area is 187 Å². The molecule has 1 unspecified atom stereocenters. The largest absolute Gasteiger partial charge is 0.480 e. The Hall–Kier alpha value is -2.25. The average Bonchev–Trinajstić information content (AvgIpc) is 3.24. The Morgan fingerprint density at radius 3 is 2.58 bits per heavy atom. The highest BCUT2D eigenvalue weighted by atomic mass is 32.1. The Morgan fingerprint density at radius 2 is 1.97 bits per heavy atom. The van der Waals surface area contributed by atoms with Crippen LogP contribution in [0.1, 0.15) is 68.3 Å². The van der Waals surface area contributed by atoms with Crippen LogP contribution < -0.4 is 4.74 Å². The summed E-state index contributed by atoms with van der Waals surface area (Å²) in [6.07, 6.45) is 3.81. The maximum Gasteiger partial charge on any atom is 0.233 e. The zero-order valence-electron chi connectivity index (χ0n) is 19.5. The molecule has 0 amide bonds. The van der Waals surface area contributed by atoms with Gasteiger partial charge in [0.25, 0.3) is 0 Å². The number of ether oxygens (including phenoxy) is 2. The molecule has 3 aromatic rings. The van der Waals surface area contributed by atoms with Crippen LogP contribution in [0.5, 0.6) is 5.88 Å². The highest BCUT2D eigenvalue weighted by Gasteiger charge is 2.33. The minimum absolute atomic E-state index is 0.0290. The van der Waals surface area contributed by atoms with E-state index in [4.69, 9.17) is 14.5 Å². The summed E-state index contributed by atoms with van der Waals surface area (Å²) in [7, 11) is 3.53. The van der Waals surface area contributed by atoms with E-state index in [0.29, 0.717) is 5.88 Å². The first kappa shape index (κ1) is 22.0. The molecule has 3 aromatic heterocycles. The number of Topliss-reactive ketones (excluding diaryl/α,β-unsaturated/α-hetero) is 1. The van der Waals surface area contributed by atoms with Gasteiger partial charge in [0, 0.05) is 40.2 Å². The van der Waals surface area contributed by atoms with E-state index in [0.717, 1.165) is 45.6 Å². The van der Waals surface area contributed by atoms with Crippen molar-refractivity contribution < 1.29 is 14.3 Å². The van der Waals surface area contributed by atoms with Crippen molar-refractivity contribution in [3.63, 3.8) is 0 Å². The maximum absolute atomic E-state index is 12.9. The number of aromatic nitrogens is 3. The van der Waals surface area contributed by atoms with Gasteiger partial charge in [0.05, 0.1) is 18.4 Å². The van der Waals surface area contributed by atoms with Crippen LogP contribution in [-0.4, -0.2) is 33.3 Å². The van der Waals surface area contributed by atoms with Crippen molar-refractivity contribution >= 4 is 27.3 Å². The smallest absolute Gasteiger partial charge is 0.233 e. The van der Waals surface area contributed by atoms with Gasteiger partial charge in [-0.15, -0.1) is 16.4 Å². The summed E-state index contributed by atoms with van der Waals surface area (Å²) in [4.78, 5) is 20.3. The normalized spacial score (nSPS) is 15.2. The highest BCUT2D eigenvalue weighted by Crippen LogP contribution is 2.46. The Kier molecular flexibility index (Phi) is 5.68. The summed E-state index contributed by atoms with van der Waals surface area (Å²) >= 11 is 1.79. The maximum atomic E-state index is 12.9. The van der Waals surface area contributed by atoms with Crippen molar-refractivity contribution in [3.05, 3.63) is 27.8 Å². The number of pyridine rings is 1. The van der Waals surface area contributed by atoms with E-state index < -0.39 is 11.7 Å². The number of carbonyl (C=O) groups excluding carboxylic acids is 1. The van der Waals surface area contributed by atoms with Crippen molar-refractivity contribution in [1.29, 1.82) is 0 Å². The molecule has 31 heavy (non-hydrogen) atoms. The molecular weight excluding hydrogens is 410 g/mol. The van der Waals surface area contributed by atoms with Crippen molar-refractivity contribution in [3.8, 4) is 17.1 Å². The van der Waals surface area contributed by atoms with Crippen LogP contribution in [0.15, 0.2) is 6.07 Å². The van der Waals surface area contributed by atoms with E-state index in [-0.39, 0.29) is 5.78 Å². The quantitative estimate of drug-likeness (QED) is 0.535. The minimum atomic E-state index is -0.702. The van der Waals surface area contributed by atoms with Gasteiger partial charge in [-0.1, -0.05) is 0 Å². The van der Waals surface area contributed by atoms with Crippen molar-refractivity contribution in [2.24, 2.45) is 7.05 Å². The van der Waals surface area contributed by atoms with Gasteiger partial charge in [-0.05, 0) is 65.9 Å². The summed E-state index contributed by atoms with van der Waals surface area (Å²) in [5, 5.41) is 5.66. The molecule has 1 atom stereocenters. The number of ketones is 1. The van der Waals surface area contributed by atoms with E-state index in [1.54, 1.807) is 25.4 Å². The topological polar surface area (TPSA) is 66.2 Å². The second-order valence-corrected chi connectivity index (χ2v) is 10.4. The molecule has 0 bridgehead atoms. The lowest BCUT2D eigenvalue weighted by molar-refractivity contribution is -0.138. The first-order valence-corrected chi connectivity index (χ1v) is 11.6. The average molecular weight is 442 g/mol. The molecule has 0 aromatic carbocycles. The highest BCUT2D eigenvalue weighted by molar-refractivity contribution is 7.19. The number of aryl methyl sites for hydroxylation is 4. The number of carbonyl (C=O) groups is 1. The van der Waals surface area contributed by atoms with Gasteiger partial charge in [0.1, 0.15) is 10.9 Å². The van der Waals surface area contributed by atoms with Crippen LogP contribution >= 0.6 is 11.3 Å². The number of nitrogens with zero attached hydrogens (tertiary/aromatic N) is 3. The van der Waals surface area contributed by atoms with Crippen molar-refractivity contribution in [2.45, 2.75) is 72.0 Å². The molecule has 0 saturated heterocycles. The van der Waals surface area contributed by atoms with Gasteiger partial charge in [0.15, 0.2) is 5.78 Å². The zero-order chi connectivity index (χ0) is 22.5. The van der Waals surface area contributed by atoms with Crippen LogP contribution in [0.2, 0.25) is 0 Å². The molecule has 0 saturated carbocycles. The third kappa shape index (κ3) is 4.01. The van der Waals surface area contributed by atoms with E-state index in [2.05, 4.69) is 5.10 Å². The lowest BCUT2D eigenvalue weighted by Crippen LogP contribution is -2.27. The molecule has 1 aliphatic rings. The lowest BCUT2D eigenvalue weighted by atomic mass is 9.89. The summed E-state index contributed by atoms with van der Waals surface area (Å²) in [5.74, 6) is 0.518. The van der Waals surface area contributed by atoms with E-state index >= 15 is 0 Å². The second kappa shape index (κ2) is 8.02. The molecule has 4 rings (SSSR count). The van der Waals surface area contributed by atoms with E-state index in [1.165, 1.54) is 23.3 Å². The van der Waals surface area contributed by atoms with Crippen LogP contribution in [0.25, 0.3) is 21.5 Å². The van der Waals surface area contributed by atoms with Crippen molar-refractivity contribution in [1.82, 2.24) is 14.8 Å². The fraction of sp³-hybridized carbons (Fsp3) is 0.542. The number of hydrogen-bond acceptors (Lipinski definition) is 6. The molecule has 166 valence electrons. The fourth-order valence-corrected chi connectivity index (χ4v) is 5.79. The molecule has 6 nitrogen and oxygen atoms in total. The molecule has 0 radical (unpaired) electrons. The predicted octanol–water partition coefficient (Wildman–Crippen LogP) is 5.34. The van der Waals surface area contributed by atoms with E-state index in [1.807, 2.05) is 45.5 Å². The fourth-order valence-electron chi connectivity index (χ4n) is 4.48. The molecule has 0 aliphatic heterocycles. The molecule has 3 heterocycles. The van der Waals surface area contributed by atoms with Crippen LogP contribution in [0.4, 0.5) is 0 Å². The molecular formula is C24H31N3O3S. The lowest BCUT2D eigenvalue weighted by Gasteiger charge is -2.29. The second-order valence-electron chi connectivity index (χ2n) is 9.29. The minimum Gasteiger partial charge on any atom is -0.480 e. The third-order valence-corrected chi connectivity index (χ3v) is 6.94. The van der Waals surface area contributed by atoms with Crippen LogP contribution in [-0.2, 0) is 29.4 Å². The molecule has 0 N–H and O–H groups in total. The summed E-state index contributed by atoms with van der Waals surface area (Å²) in [5.41, 5.74) is 4.47. The first-order valence-electron chi connectivity index (χ1n) is 10.8. The monoisotopic (exact) mass is 441 g/mol. The van der Waals surface area contributed by atoms with Gasteiger partial charge >= 0.3 is 0 Å². The Balaban J connectivity index is 2.10. The molecule has 1 aliphatic carbocycles. The Bertz CT molecular complexity index is 1150. The Morgan fingerprint density at radius 1 is 1.26 bits per heavy atom. The first-order chi connectivity index (χ1) is 14.6. The number of fused-ring (bicyclic) bond motifs is 3. The molecule has 0 spiro atoms. The third-order valence-electron chi connectivity index (χ3n) is 5.76. The summed E-state index contributed by atoms with van der Waals surface area (Å²) in [6, 6.07) is 1.94. The number of hydrogen-bond donors (Lipinski definition) is 0. The van der Waals surface area contributed by atoms with Gasteiger partial charge < -0.3 is 9.47 Å². The summed E-state index contributed by atoms with van der Waals surface area (Å²) in [6.45, 7) is 9.50. The van der Waals surface area contributed by atoms with Gasteiger partial charge in [-0.3, -0.25) is 9.48 Å². The number of rotatable bonds is 5. The van der Waals surface area contributed by atoms with Crippen molar-refractivity contribution in [2.75, 3.05) is 7.11 Å². The number of methoxy groups -OCH3 is 1.